The zero-order valence-electron chi connectivity index (χ0n) is 12.9. The average Bonchev–Trinajstić information content (AvgIpc) is 3.05. The summed E-state index contributed by atoms with van der Waals surface area (Å²) >= 11 is 0. The molecule has 1 fully saturated rings. The Kier molecular flexibility index (Phi) is 4.11. The number of amides is 4. The second-order valence-electron chi connectivity index (χ2n) is 5.14. The van der Waals surface area contributed by atoms with Gasteiger partial charge >= 0.3 is 6.03 Å². The van der Waals surface area contributed by atoms with Crippen LogP contribution < -0.4 is 10.2 Å². The number of furan rings is 1. The summed E-state index contributed by atoms with van der Waals surface area (Å²) in [4.78, 5) is 37.6. The van der Waals surface area contributed by atoms with Crippen molar-refractivity contribution in [2.24, 2.45) is 0 Å². The number of hydrogen-bond donors (Lipinski definition) is 1. The van der Waals surface area contributed by atoms with E-state index < -0.39 is 17.8 Å². The van der Waals surface area contributed by atoms with Crippen LogP contribution in [0.2, 0.25) is 0 Å². The third-order valence-electron chi connectivity index (χ3n) is 3.52. The van der Waals surface area contributed by atoms with Gasteiger partial charge in [0.2, 0.25) is 0 Å². The first kappa shape index (κ1) is 15.5. The quantitative estimate of drug-likeness (QED) is 0.696. The molecule has 0 saturated carbocycles. The molecule has 2 aromatic rings. The predicted octanol–water partition coefficient (Wildman–Crippen LogP) is 2.81. The molecule has 0 spiro atoms. The molecule has 120 valence electrons. The van der Waals surface area contributed by atoms with Crippen molar-refractivity contribution in [1.29, 1.82) is 0 Å². The lowest BCUT2D eigenvalue weighted by atomic mass is 10.1. The number of hydrogen-bond acceptors (Lipinski definition) is 4. The Balaban J connectivity index is 1.93. The van der Waals surface area contributed by atoms with Gasteiger partial charge in [-0.2, -0.15) is 0 Å². The Bertz CT molecular complexity index is 863. The van der Waals surface area contributed by atoms with Crippen LogP contribution in [0.5, 0.6) is 0 Å². The minimum absolute atomic E-state index is 0.124. The van der Waals surface area contributed by atoms with Gasteiger partial charge in [-0.25, -0.2) is 9.69 Å². The summed E-state index contributed by atoms with van der Waals surface area (Å²) in [7, 11) is 0. The molecule has 1 saturated heterocycles. The molecule has 1 aliphatic heterocycles. The van der Waals surface area contributed by atoms with E-state index in [9.17, 15) is 14.4 Å². The van der Waals surface area contributed by atoms with E-state index in [0.29, 0.717) is 11.4 Å². The first-order chi connectivity index (χ1) is 11.6. The average molecular weight is 322 g/mol. The summed E-state index contributed by atoms with van der Waals surface area (Å²) in [6.45, 7) is 1.78. The van der Waals surface area contributed by atoms with Gasteiger partial charge in [0.25, 0.3) is 11.8 Å². The Labute approximate surface area is 138 Å². The number of nitrogens with one attached hydrogen (secondary N) is 1. The number of anilines is 1. The number of para-hydroxylation sites is 1. The number of benzene rings is 1. The molecule has 1 aromatic heterocycles. The van der Waals surface area contributed by atoms with Crippen molar-refractivity contribution >= 4 is 29.6 Å². The van der Waals surface area contributed by atoms with Gasteiger partial charge in [-0.1, -0.05) is 24.3 Å². The Hall–Kier alpha value is -3.41. The zero-order valence-corrected chi connectivity index (χ0v) is 12.9. The summed E-state index contributed by atoms with van der Waals surface area (Å²) in [5, 5.41) is 2.18. The third-order valence-corrected chi connectivity index (χ3v) is 3.52. The molecule has 4 amide bonds. The van der Waals surface area contributed by atoms with Gasteiger partial charge in [0.1, 0.15) is 11.3 Å². The molecule has 0 radical (unpaired) electrons. The zero-order chi connectivity index (χ0) is 17.1. The topological polar surface area (TPSA) is 79.6 Å². The van der Waals surface area contributed by atoms with Crippen molar-refractivity contribution in [2.75, 3.05) is 4.90 Å². The number of urea groups is 1. The molecule has 1 aromatic carbocycles. The Morgan fingerprint density at radius 1 is 1.08 bits per heavy atom. The lowest BCUT2D eigenvalue weighted by Gasteiger charge is -2.27. The van der Waals surface area contributed by atoms with Crippen molar-refractivity contribution in [2.45, 2.75) is 6.92 Å². The maximum atomic E-state index is 12.6. The third kappa shape index (κ3) is 2.89. The lowest BCUT2D eigenvalue weighted by Crippen LogP contribution is -2.54. The van der Waals surface area contributed by atoms with Crippen molar-refractivity contribution in [3.05, 3.63) is 71.7 Å². The number of rotatable bonds is 3. The molecule has 2 heterocycles. The fraction of sp³-hybridized carbons (Fsp3) is 0.0556. The Morgan fingerprint density at radius 2 is 1.88 bits per heavy atom. The smallest absolute Gasteiger partial charge is 0.335 e. The van der Waals surface area contributed by atoms with Crippen LogP contribution >= 0.6 is 0 Å². The van der Waals surface area contributed by atoms with E-state index in [0.717, 1.165) is 10.5 Å². The van der Waals surface area contributed by atoms with Gasteiger partial charge in [-0.05, 0) is 42.8 Å². The van der Waals surface area contributed by atoms with Crippen LogP contribution in [0.15, 0.2) is 64.8 Å². The van der Waals surface area contributed by atoms with Gasteiger partial charge in [0, 0.05) is 0 Å². The number of nitrogens with zero attached hydrogens (tertiary/aromatic N) is 1. The number of carbonyl (C=O) groups excluding carboxylic acids is 3. The number of allylic oxidation sites excluding steroid dienone is 2. The molecule has 24 heavy (non-hydrogen) atoms. The van der Waals surface area contributed by atoms with E-state index in [1.165, 1.54) is 18.4 Å². The highest BCUT2D eigenvalue weighted by Gasteiger charge is 2.36. The molecule has 3 rings (SSSR count). The minimum Gasteiger partial charge on any atom is -0.465 e. The van der Waals surface area contributed by atoms with E-state index >= 15 is 0 Å². The first-order valence-electron chi connectivity index (χ1n) is 7.25. The molecule has 0 unspecified atom stereocenters. The molecule has 6 heteroatoms. The van der Waals surface area contributed by atoms with E-state index in [-0.39, 0.29) is 5.57 Å². The molecule has 0 aliphatic carbocycles. The number of barbiturate groups is 1. The van der Waals surface area contributed by atoms with E-state index in [1.54, 1.807) is 49.4 Å². The molecule has 1 aliphatic rings. The molecule has 0 bridgehead atoms. The van der Waals surface area contributed by atoms with Crippen molar-refractivity contribution in [1.82, 2.24) is 5.32 Å². The van der Waals surface area contributed by atoms with Crippen LogP contribution in [0.25, 0.3) is 6.08 Å². The number of carbonyl (C=O) groups is 3. The Morgan fingerprint density at radius 3 is 2.58 bits per heavy atom. The fourth-order valence-corrected chi connectivity index (χ4v) is 2.34. The predicted molar refractivity (Wildman–Crippen MR) is 88.0 cm³/mol. The summed E-state index contributed by atoms with van der Waals surface area (Å²) < 4.78 is 5.13. The summed E-state index contributed by atoms with van der Waals surface area (Å²) in [6.07, 6.45) is 6.02. The van der Waals surface area contributed by atoms with Gasteiger partial charge in [-0.3, -0.25) is 14.9 Å². The second kappa shape index (κ2) is 6.37. The number of imide groups is 2. The maximum absolute atomic E-state index is 12.6. The lowest BCUT2D eigenvalue weighted by molar-refractivity contribution is -0.122. The van der Waals surface area contributed by atoms with Gasteiger partial charge in [0.05, 0.1) is 12.0 Å². The molecular formula is C18H14N2O4. The fourth-order valence-electron chi connectivity index (χ4n) is 2.34. The van der Waals surface area contributed by atoms with Crippen molar-refractivity contribution < 1.29 is 18.8 Å². The summed E-state index contributed by atoms with van der Waals surface area (Å²) in [5.41, 5.74) is 1.06. The van der Waals surface area contributed by atoms with Crippen LogP contribution in [0.1, 0.15) is 11.3 Å². The van der Waals surface area contributed by atoms with E-state index in [1.807, 2.05) is 0 Å². The molecular weight excluding hydrogens is 308 g/mol. The monoisotopic (exact) mass is 322 g/mol. The van der Waals surface area contributed by atoms with Gasteiger partial charge in [0.15, 0.2) is 0 Å². The van der Waals surface area contributed by atoms with E-state index in [4.69, 9.17) is 4.42 Å². The van der Waals surface area contributed by atoms with Crippen molar-refractivity contribution in [3.8, 4) is 0 Å². The summed E-state index contributed by atoms with van der Waals surface area (Å²) in [6, 6.07) is 9.67. The highest BCUT2D eigenvalue weighted by atomic mass is 16.3. The van der Waals surface area contributed by atoms with Crippen LogP contribution in [0.4, 0.5) is 10.5 Å². The highest BCUT2D eigenvalue weighted by molar-refractivity contribution is 6.37. The van der Waals surface area contributed by atoms with Crippen LogP contribution in [-0.2, 0) is 9.59 Å². The van der Waals surface area contributed by atoms with Gasteiger partial charge < -0.3 is 4.42 Å². The highest BCUT2D eigenvalue weighted by Crippen LogP contribution is 2.23. The second-order valence-corrected chi connectivity index (χ2v) is 5.14. The molecule has 0 atom stereocenters. The van der Waals surface area contributed by atoms with Gasteiger partial charge in [-0.15, -0.1) is 0 Å². The van der Waals surface area contributed by atoms with Crippen LogP contribution in [0, 0.1) is 6.92 Å². The van der Waals surface area contributed by atoms with Crippen LogP contribution in [0.3, 0.4) is 0 Å². The molecule has 1 N–H and O–H groups in total. The van der Waals surface area contributed by atoms with Crippen LogP contribution in [-0.4, -0.2) is 17.8 Å². The number of aryl methyl sites for hydroxylation is 1. The minimum atomic E-state index is -0.758. The van der Waals surface area contributed by atoms with Crippen molar-refractivity contribution in [3.63, 3.8) is 0 Å². The largest absolute Gasteiger partial charge is 0.465 e. The first-order valence-corrected chi connectivity index (χ1v) is 7.25. The van der Waals surface area contributed by atoms with E-state index in [2.05, 4.69) is 5.32 Å². The standard InChI is InChI=1S/C18H14N2O4/c1-12-6-2-3-10-15(12)20-17(22)14(16(21)19-18(20)23)9-4-7-13-8-5-11-24-13/h2-11H,1H3,(H,19,21,23)/b7-4+,14-9-. The maximum Gasteiger partial charge on any atom is 0.335 e. The normalized spacial score (nSPS) is 17.0. The molecule has 6 nitrogen and oxygen atoms in total. The SMILES string of the molecule is Cc1ccccc1N1C(=O)NC(=O)/C(=C/C=C/c2ccco2)C1=O. The summed E-state index contributed by atoms with van der Waals surface area (Å²) in [5.74, 6) is -0.802.